The number of methoxy groups -OCH3 is 2. The highest BCUT2D eigenvalue weighted by Gasteiger charge is 2.52. The summed E-state index contributed by atoms with van der Waals surface area (Å²) >= 11 is 0. The molecule has 2 aliphatic rings. The van der Waals surface area contributed by atoms with Gasteiger partial charge < -0.3 is 79.1 Å². The monoisotopic (exact) mass is 808 g/mol. The van der Waals surface area contributed by atoms with Crippen molar-refractivity contribution in [1.82, 2.24) is 0 Å². The average molecular weight is 809 g/mol. The van der Waals surface area contributed by atoms with Crippen LogP contribution in [-0.2, 0) is 42.9 Å². The lowest BCUT2D eigenvalue weighted by atomic mass is 9.79. The number of phenols is 2. The van der Waals surface area contributed by atoms with Crippen LogP contribution in [0.4, 0.5) is 0 Å². The largest absolute Gasteiger partial charge is 0.504 e. The van der Waals surface area contributed by atoms with E-state index in [0.717, 1.165) is 24.3 Å². The van der Waals surface area contributed by atoms with Crippen molar-refractivity contribution < 1.29 is 103 Å². The molecule has 57 heavy (non-hydrogen) atoms. The summed E-state index contributed by atoms with van der Waals surface area (Å²) in [5.74, 6) is -7.72. The Balaban J connectivity index is 1.38. The zero-order valence-electron chi connectivity index (χ0n) is 30.1. The van der Waals surface area contributed by atoms with Crippen molar-refractivity contribution in [3.63, 3.8) is 0 Å². The van der Waals surface area contributed by atoms with Crippen molar-refractivity contribution in [2.24, 2.45) is 0 Å². The molecule has 1 heterocycles. The molecule has 0 bridgehead atoms. The van der Waals surface area contributed by atoms with Crippen molar-refractivity contribution in [3.05, 3.63) is 53.6 Å². The van der Waals surface area contributed by atoms with Crippen LogP contribution in [0.2, 0.25) is 0 Å². The van der Waals surface area contributed by atoms with E-state index in [1.807, 2.05) is 0 Å². The Morgan fingerprint density at radius 3 is 2.04 bits per heavy atom. The number of carbonyl (C=O) groups excluding carboxylic acids is 3. The number of esters is 3. The van der Waals surface area contributed by atoms with Crippen LogP contribution >= 0.6 is 0 Å². The smallest absolute Gasteiger partial charge is 0.335 e. The topological polar surface area (TPSA) is 332 Å². The van der Waals surface area contributed by atoms with Gasteiger partial charge >= 0.3 is 29.8 Å². The predicted molar refractivity (Wildman–Crippen MR) is 185 cm³/mol. The molecule has 1 saturated heterocycles. The lowest BCUT2D eigenvalue weighted by Gasteiger charge is -2.40. The molecule has 1 aliphatic carbocycles. The molecule has 2 aromatic rings. The van der Waals surface area contributed by atoms with Gasteiger partial charge in [0, 0.05) is 25.0 Å². The Labute approximate surface area is 322 Å². The van der Waals surface area contributed by atoms with Gasteiger partial charge in [-0.2, -0.15) is 0 Å². The van der Waals surface area contributed by atoms with Crippen LogP contribution in [0.3, 0.4) is 0 Å². The summed E-state index contributed by atoms with van der Waals surface area (Å²) in [5.41, 5.74) is -2.06. The van der Waals surface area contributed by atoms with Gasteiger partial charge in [0.15, 0.2) is 34.7 Å². The summed E-state index contributed by atoms with van der Waals surface area (Å²) < 4.78 is 36.4. The molecule has 21 heteroatoms. The van der Waals surface area contributed by atoms with E-state index < -0.39 is 116 Å². The van der Waals surface area contributed by atoms with E-state index in [4.69, 9.17) is 38.3 Å². The lowest BCUT2D eigenvalue weighted by molar-refractivity contribution is -0.278. The van der Waals surface area contributed by atoms with E-state index in [0.29, 0.717) is 5.56 Å². The van der Waals surface area contributed by atoms with Crippen molar-refractivity contribution in [2.45, 2.75) is 73.9 Å². The molecule has 0 amide bonds. The average Bonchev–Trinajstić information content (AvgIpc) is 3.15. The van der Waals surface area contributed by atoms with Crippen LogP contribution in [0.25, 0.3) is 12.2 Å². The van der Waals surface area contributed by atoms with Crippen molar-refractivity contribution in [3.8, 4) is 28.7 Å². The number of carboxylic acids is 2. The van der Waals surface area contributed by atoms with Gasteiger partial charge in [0.2, 0.25) is 12.0 Å². The van der Waals surface area contributed by atoms with Crippen LogP contribution in [0.5, 0.6) is 28.7 Å². The Morgan fingerprint density at radius 2 is 1.44 bits per heavy atom. The number of aliphatic carboxylic acids is 2. The van der Waals surface area contributed by atoms with Crippen molar-refractivity contribution in [1.29, 1.82) is 0 Å². The second kappa shape index (κ2) is 18.8. The molecule has 0 aromatic heterocycles. The fourth-order valence-electron chi connectivity index (χ4n) is 5.75. The zero-order valence-corrected chi connectivity index (χ0v) is 30.1. The van der Waals surface area contributed by atoms with E-state index in [1.54, 1.807) is 0 Å². The van der Waals surface area contributed by atoms with E-state index in [2.05, 4.69) is 0 Å². The maximum Gasteiger partial charge on any atom is 0.335 e. The molecule has 1 aliphatic heterocycles. The summed E-state index contributed by atoms with van der Waals surface area (Å²) in [6, 6.07) is 6.39. The molecule has 0 spiro atoms. The first-order chi connectivity index (χ1) is 26.8. The number of carboxylic acid groups (broad SMARTS) is 2. The highest BCUT2D eigenvalue weighted by molar-refractivity contribution is 5.90. The summed E-state index contributed by atoms with van der Waals surface area (Å²) in [4.78, 5) is 59.6. The maximum atomic E-state index is 12.7. The number of benzene rings is 2. The Bertz CT molecular complexity index is 1850. The highest BCUT2D eigenvalue weighted by atomic mass is 16.7. The van der Waals surface area contributed by atoms with Gasteiger partial charge in [0.05, 0.1) is 20.3 Å². The van der Waals surface area contributed by atoms with Crippen molar-refractivity contribution >= 4 is 42.0 Å². The number of aliphatic hydroxyl groups is 5. The van der Waals surface area contributed by atoms with Gasteiger partial charge in [-0.25, -0.2) is 14.4 Å². The number of hydrogen-bond donors (Lipinski definition) is 9. The molecule has 1 saturated carbocycles. The Hall–Kier alpha value is -5.97. The predicted octanol–water partition coefficient (Wildman–Crippen LogP) is -1.16. The summed E-state index contributed by atoms with van der Waals surface area (Å²) in [6.07, 6.45) is -12.4. The Kier molecular flexibility index (Phi) is 14.4. The SMILES string of the molecule is COc1cc(/C=C/C(=O)OC[C@H]2O[C@@H](Oc3ccc(/C=C/C(=O)O[C@@H]4C[C@](O)(C(=O)O)C[C@@H](O)[C@H]4OC(=O)CC(=O)O)cc3O)[C@H](O)[C@@H](O)[C@@H]2O)cc(OC)c1O. The molecule has 21 nitrogen and oxygen atoms in total. The van der Waals surface area contributed by atoms with E-state index in [9.17, 15) is 64.8 Å². The molecular formula is C36H40O21. The summed E-state index contributed by atoms with van der Waals surface area (Å²) in [5, 5.41) is 91.2. The maximum absolute atomic E-state index is 12.7. The fourth-order valence-corrected chi connectivity index (χ4v) is 5.75. The molecule has 2 aromatic carbocycles. The second-order valence-corrected chi connectivity index (χ2v) is 12.7. The standard InChI is InChI=1S/C36H40O21/c1-51-21-10-17(11-22(52-2)29(21)44)5-7-26(41)53-15-24-30(45)31(46)32(47)34(56-24)55-20-6-3-16(9-18(20)37)4-8-27(42)54-23-14-36(50,35(48)49)13-19(38)33(23)57-28(43)12-25(39)40/h3-11,19,23-24,30-34,37-38,44-47,50H,12-15H2,1-2H3,(H,39,40)(H,48,49)/b7-5+,8-4+/t19-,23-,24-,30-,31+,32-,33-,34-,36+/m1/s1. The third-order valence-corrected chi connectivity index (χ3v) is 8.67. The first kappa shape index (κ1) is 43.8. The molecule has 0 radical (unpaired) electrons. The number of aliphatic hydroxyl groups excluding tert-OH is 4. The molecule has 9 atom stereocenters. The van der Waals surface area contributed by atoms with Gasteiger partial charge in [-0.1, -0.05) is 6.07 Å². The molecule has 2 fully saturated rings. The van der Waals surface area contributed by atoms with Crippen LogP contribution in [-0.4, -0.2) is 151 Å². The van der Waals surface area contributed by atoms with Gasteiger partial charge in [-0.05, 0) is 47.5 Å². The molecule has 4 rings (SSSR count). The molecule has 0 unspecified atom stereocenters. The number of aromatic hydroxyl groups is 2. The Morgan fingerprint density at radius 1 is 0.807 bits per heavy atom. The number of rotatable bonds is 15. The number of carbonyl (C=O) groups is 5. The normalized spacial score (nSPS) is 27.4. The molecular weight excluding hydrogens is 768 g/mol. The third-order valence-electron chi connectivity index (χ3n) is 8.67. The third kappa shape index (κ3) is 11.1. The number of hydrogen-bond acceptors (Lipinski definition) is 19. The van der Waals surface area contributed by atoms with E-state index >= 15 is 0 Å². The number of phenolic OH excluding ortho intramolecular Hbond substituents is 2. The quantitative estimate of drug-likeness (QED) is 0.0443. The zero-order chi connectivity index (χ0) is 42.2. The van der Waals surface area contributed by atoms with Gasteiger partial charge in [-0.15, -0.1) is 0 Å². The van der Waals surface area contributed by atoms with Crippen LogP contribution in [0, 0.1) is 0 Å². The second-order valence-electron chi connectivity index (χ2n) is 12.7. The first-order valence-electron chi connectivity index (χ1n) is 16.8. The van der Waals surface area contributed by atoms with Crippen LogP contribution in [0.1, 0.15) is 30.4 Å². The molecule has 9 N–H and O–H groups in total. The summed E-state index contributed by atoms with van der Waals surface area (Å²) in [7, 11) is 2.64. The minimum Gasteiger partial charge on any atom is -0.504 e. The highest BCUT2D eigenvalue weighted by Crippen LogP contribution is 2.38. The summed E-state index contributed by atoms with van der Waals surface area (Å²) in [6.45, 7) is -0.622. The fraction of sp³-hybridized carbons (Fsp3) is 0.417. The van der Waals surface area contributed by atoms with E-state index in [-0.39, 0.29) is 28.6 Å². The van der Waals surface area contributed by atoms with Gasteiger partial charge in [0.1, 0.15) is 43.5 Å². The lowest BCUT2D eigenvalue weighted by Crippen LogP contribution is -2.60. The van der Waals surface area contributed by atoms with Crippen molar-refractivity contribution in [2.75, 3.05) is 20.8 Å². The van der Waals surface area contributed by atoms with E-state index in [1.165, 1.54) is 44.6 Å². The first-order valence-corrected chi connectivity index (χ1v) is 16.8. The van der Waals surface area contributed by atoms with Gasteiger partial charge in [-0.3, -0.25) is 9.59 Å². The molecule has 310 valence electrons. The van der Waals surface area contributed by atoms with Crippen LogP contribution in [0.15, 0.2) is 42.5 Å². The van der Waals surface area contributed by atoms with Crippen LogP contribution < -0.4 is 14.2 Å². The number of ether oxygens (including phenoxy) is 7. The minimum atomic E-state index is -2.59. The van der Waals surface area contributed by atoms with Gasteiger partial charge in [0.25, 0.3) is 0 Å². The minimum absolute atomic E-state index is 0.0765.